The lowest BCUT2D eigenvalue weighted by Gasteiger charge is -2.32. The molecule has 0 aromatic heterocycles. The molecule has 0 saturated carbocycles. The number of anilines is 1. The van der Waals surface area contributed by atoms with Crippen molar-refractivity contribution >= 4 is 55.1 Å². The van der Waals surface area contributed by atoms with Gasteiger partial charge in [-0.15, -0.1) is 0 Å². The van der Waals surface area contributed by atoms with Gasteiger partial charge in [-0.3, -0.25) is 13.9 Å². The number of carbonyl (C=O) groups is 2. The molecule has 1 N–H and O–H groups in total. The molecule has 0 aliphatic carbocycles. The van der Waals surface area contributed by atoms with Gasteiger partial charge in [0.15, 0.2) is 0 Å². The van der Waals surface area contributed by atoms with E-state index in [1.165, 1.54) is 36.1 Å². The number of halogens is 5. The average Bonchev–Trinajstić information content (AvgIpc) is 2.90. The lowest BCUT2D eigenvalue weighted by Crippen LogP contribution is -2.51. The summed E-state index contributed by atoms with van der Waals surface area (Å²) >= 11 is 9.59. The summed E-state index contributed by atoms with van der Waals surface area (Å²) in [6.07, 6.45) is -4.80. The number of likely N-dealkylation sites (N-methyl/N-ethyl adjacent to an activating group) is 1. The summed E-state index contributed by atoms with van der Waals surface area (Å²) in [5.41, 5.74) is -1.04. The van der Waals surface area contributed by atoms with Gasteiger partial charge >= 0.3 is 6.18 Å². The summed E-state index contributed by atoms with van der Waals surface area (Å²) in [6, 6.07) is 15.1. The summed E-state index contributed by atoms with van der Waals surface area (Å²) < 4.78 is 69.5. The Labute approximate surface area is 244 Å². The van der Waals surface area contributed by atoms with Gasteiger partial charge in [-0.25, -0.2) is 8.42 Å². The fourth-order valence-electron chi connectivity index (χ4n) is 3.85. The van der Waals surface area contributed by atoms with Crippen LogP contribution >= 0.6 is 27.5 Å². The van der Waals surface area contributed by atoms with Gasteiger partial charge in [0, 0.05) is 17.6 Å². The largest absolute Gasteiger partial charge is 0.416 e. The van der Waals surface area contributed by atoms with Crippen molar-refractivity contribution in [1.29, 1.82) is 0 Å². The summed E-state index contributed by atoms with van der Waals surface area (Å²) in [7, 11) is -4.58. The SMILES string of the molecule is CCNC(=O)C(C)N(Cc1cccc(Br)c1)C(=O)CN(c1cc(C(F)(F)F)ccc1Cl)S(=O)(=O)c1ccccc1. The van der Waals surface area contributed by atoms with Crippen LogP contribution in [0.4, 0.5) is 18.9 Å². The number of hydrogen-bond donors (Lipinski definition) is 1. The van der Waals surface area contributed by atoms with E-state index in [4.69, 9.17) is 11.6 Å². The summed E-state index contributed by atoms with van der Waals surface area (Å²) in [5, 5.41) is 2.32. The molecule has 13 heteroatoms. The molecule has 7 nitrogen and oxygen atoms in total. The fraction of sp³-hybridized carbons (Fsp3) is 0.259. The lowest BCUT2D eigenvalue weighted by atomic mass is 10.1. The van der Waals surface area contributed by atoms with Crippen molar-refractivity contribution < 1.29 is 31.2 Å². The van der Waals surface area contributed by atoms with Crippen LogP contribution < -0.4 is 9.62 Å². The smallest absolute Gasteiger partial charge is 0.355 e. The molecule has 1 atom stereocenters. The number of benzene rings is 3. The zero-order valence-corrected chi connectivity index (χ0v) is 24.6. The van der Waals surface area contributed by atoms with Crippen LogP contribution in [-0.4, -0.2) is 44.3 Å². The van der Waals surface area contributed by atoms with Crippen molar-refractivity contribution in [3.63, 3.8) is 0 Å². The minimum Gasteiger partial charge on any atom is -0.355 e. The Kier molecular flexibility index (Phi) is 10.3. The molecule has 1 unspecified atom stereocenters. The molecule has 0 aliphatic rings. The van der Waals surface area contributed by atoms with Crippen molar-refractivity contribution in [2.75, 3.05) is 17.4 Å². The van der Waals surface area contributed by atoms with Gasteiger partial charge in [0.1, 0.15) is 12.6 Å². The average molecular weight is 661 g/mol. The molecular formula is C27H26BrClF3N3O4S. The van der Waals surface area contributed by atoms with Gasteiger partial charge in [0.05, 0.1) is 21.2 Å². The van der Waals surface area contributed by atoms with Crippen molar-refractivity contribution in [1.82, 2.24) is 10.2 Å². The van der Waals surface area contributed by atoms with Gasteiger partial charge in [-0.1, -0.05) is 57.9 Å². The van der Waals surface area contributed by atoms with Crippen LogP contribution in [0, 0.1) is 0 Å². The monoisotopic (exact) mass is 659 g/mol. The van der Waals surface area contributed by atoms with Crippen LogP contribution in [-0.2, 0) is 32.3 Å². The topological polar surface area (TPSA) is 86.8 Å². The van der Waals surface area contributed by atoms with Gasteiger partial charge in [-0.05, 0) is 61.9 Å². The minimum atomic E-state index is -4.80. The number of alkyl halides is 3. The summed E-state index contributed by atoms with van der Waals surface area (Å²) in [5.74, 6) is -1.31. The highest BCUT2D eigenvalue weighted by Gasteiger charge is 2.36. The fourth-order valence-corrected chi connectivity index (χ4v) is 6.01. The Morgan fingerprint density at radius 2 is 1.70 bits per heavy atom. The Morgan fingerprint density at radius 3 is 2.30 bits per heavy atom. The van der Waals surface area contributed by atoms with E-state index in [1.54, 1.807) is 37.3 Å². The number of sulfonamides is 1. The molecule has 0 fully saturated rings. The minimum absolute atomic E-state index is 0.0773. The van der Waals surface area contributed by atoms with Crippen molar-refractivity contribution in [2.24, 2.45) is 0 Å². The zero-order valence-electron chi connectivity index (χ0n) is 21.5. The molecule has 0 aliphatic heterocycles. The van der Waals surface area contributed by atoms with Crippen LogP contribution in [0.3, 0.4) is 0 Å². The first-order valence-electron chi connectivity index (χ1n) is 12.0. The van der Waals surface area contributed by atoms with Gasteiger partial charge < -0.3 is 10.2 Å². The Balaban J connectivity index is 2.13. The molecule has 2 amide bonds. The van der Waals surface area contributed by atoms with E-state index in [0.717, 1.165) is 12.1 Å². The number of hydrogen-bond acceptors (Lipinski definition) is 4. The summed E-state index contributed by atoms with van der Waals surface area (Å²) in [4.78, 5) is 27.4. The third-order valence-electron chi connectivity index (χ3n) is 5.91. The van der Waals surface area contributed by atoms with E-state index in [1.807, 2.05) is 0 Å². The Bertz CT molecular complexity index is 1470. The molecular weight excluding hydrogens is 635 g/mol. The predicted molar refractivity (Wildman–Crippen MR) is 150 cm³/mol. The van der Waals surface area contributed by atoms with Crippen LogP contribution in [0.2, 0.25) is 5.02 Å². The lowest BCUT2D eigenvalue weighted by molar-refractivity contribution is -0.139. The van der Waals surface area contributed by atoms with Gasteiger partial charge in [-0.2, -0.15) is 13.2 Å². The molecule has 3 aromatic carbocycles. The van der Waals surface area contributed by atoms with Crippen LogP contribution in [0.5, 0.6) is 0 Å². The van der Waals surface area contributed by atoms with E-state index >= 15 is 0 Å². The first kappa shape index (κ1) is 31.4. The molecule has 214 valence electrons. The third-order valence-corrected chi connectivity index (χ3v) is 8.50. The van der Waals surface area contributed by atoms with E-state index < -0.39 is 51.9 Å². The van der Waals surface area contributed by atoms with E-state index in [9.17, 15) is 31.2 Å². The number of nitrogens with one attached hydrogen (secondary N) is 1. The Morgan fingerprint density at radius 1 is 1.02 bits per heavy atom. The van der Waals surface area contributed by atoms with E-state index in [2.05, 4.69) is 21.2 Å². The molecule has 0 heterocycles. The van der Waals surface area contributed by atoms with E-state index in [0.29, 0.717) is 20.4 Å². The molecule has 0 spiro atoms. The molecule has 40 heavy (non-hydrogen) atoms. The normalized spacial score (nSPS) is 12.5. The second-order valence-corrected chi connectivity index (χ2v) is 11.9. The highest BCUT2D eigenvalue weighted by Crippen LogP contribution is 2.37. The predicted octanol–water partition coefficient (Wildman–Crippen LogP) is 5.87. The van der Waals surface area contributed by atoms with Crippen LogP contribution in [0.15, 0.2) is 82.2 Å². The molecule has 3 rings (SSSR count). The second kappa shape index (κ2) is 13.0. The third kappa shape index (κ3) is 7.55. The molecule has 3 aromatic rings. The zero-order chi connectivity index (χ0) is 29.7. The van der Waals surface area contributed by atoms with Crippen LogP contribution in [0.25, 0.3) is 0 Å². The number of rotatable bonds is 10. The molecule has 0 radical (unpaired) electrons. The van der Waals surface area contributed by atoms with Gasteiger partial charge in [0.25, 0.3) is 10.0 Å². The maximum atomic E-state index is 13.8. The van der Waals surface area contributed by atoms with Crippen molar-refractivity contribution in [2.45, 2.75) is 37.5 Å². The maximum Gasteiger partial charge on any atom is 0.416 e. The molecule has 0 bridgehead atoms. The number of carbonyl (C=O) groups excluding carboxylic acids is 2. The van der Waals surface area contributed by atoms with E-state index in [-0.39, 0.29) is 23.0 Å². The summed E-state index contributed by atoms with van der Waals surface area (Å²) in [6.45, 7) is 2.47. The maximum absolute atomic E-state index is 13.8. The number of amides is 2. The number of nitrogens with zero attached hydrogens (tertiary/aromatic N) is 2. The standard InChI is InChI=1S/C27H26BrClF3N3O4S/c1-3-33-26(37)18(2)34(16-19-8-7-9-21(28)14-19)25(36)17-35(40(38,39)22-10-5-4-6-11-22)24-15-20(27(30,31)32)12-13-23(24)29/h4-15,18H,3,16-17H2,1-2H3,(H,33,37). The quantitative estimate of drug-likeness (QED) is 0.295. The van der Waals surface area contributed by atoms with Gasteiger partial charge in [0.2, 0.25) is 11.8 Å². The highest BCUT2D eigenvalue weighted by molar-refractivity contribution is 9.10. The highest BCUT2D eigenvalue weighted by atomic mass is 79.9. The first-order valence-corrected chi connectivity index (χ1v) is 14.6. The molecule has 0 saturated heterocycles. The van der Waals surface area contributed by atoms with Crippen molar-refractivity contribution in [3.05, 3.63) is 93.4 Å². The Hall–Kier alpha value is -3.09. The van der Waals surface area contributed by atoms with Crippen LogP contribution in [0.1, 0.15) is 25.0 Å². The second-order valence-electron chi connectivity index (χ2n) is 8.71. The first-order chi connectivity index (χ1) is 18.8. The van der Waals surface area contributed by atoms with Crippen molar-refractivity contribution in [3.8, 4) is 0 Å².